The van der Waals surface area contributed by atoms with Crippen LogP contribution in [-0.2, 0) is 6.42 Å². The summed E-state index contributed by atoms with van der Waals surface area (Å²) < 4.78 is 0. The molecule has 0 aliphatic heterocycles. The van der Waals surface area contributed by atoms with Gasteiger partial charge in [0.2, 0.25) is 0 Å². The average molecular weight is 238 g/mol. The van der Waals surface area contributed by atoms with Crippen LogP contribution in [0.1, 0.15) is 17.6 Å². The lowest BCUT2D eigenvalue weighted by Crippen LogP contribution is -1.84. The van der Waals surface area contributed by atoms with Gasteiger partial charge < -0.3 is 0 Å². The Balaban J connectivity index is 2.58. The first kappa shape index (κ1) is 10.7. The van der Waals surface area contributed by atoms with Crippen LogP contribution in [0.4, 0.5) is 0 Å². The molecule has 0 N–H and O–H groups in total. The van der Waals surface area contributed by atoms with Crippen LogP contribution < -0.4 is 0 Å². The van der Waals surface area contributed by atoms with Crippen molar-refractivity contribution in [3.8, 4) is 10.4 Å². The van der Waals surface area contributed by atoms with Gasteiger partial charge in [-0.1, -0.05) is 36.7 Å². The lowest BCUT2D eigenvalue weighted by atomic mass is 10.1. The highest BCUT2D eigenvalue weighted by molar-refractivity contribution is 7.15. The van der Waals surface area contributed by atoms with Gasteiger partial charge in [-0.2, -0.15) is 0 Å². The molecule has 3 heteroatoms. The smallest absolute Gasteiger partial charge is 0.0903 e. The van der Waals surface area contributed by atoms with Crippen molar-refractivity contribution in [3.05, 3.63) is 40.0 Å². The number of rotatable bonds is 2. The van der Waals surface area contributed by atoms with Gasteiger partial charge >= 0.3 is 0 Å². The molecule has 78 valence electrons. The van der Waals surface area contributed by atoms with Gasteiger partial charge in [0.1, 0.15) is 0 Å². The van der Waals surface area contributed by atoms with Gasteiger partial charge in [-0.3, -0.25) is 0 Å². The molecule has 0 amide bonds. The van der Waals surface area contributed by atoms with Crippen molar-refractivity contribution < 1.29 is 0 Å². The maximum absolute atomic E-state index is 6.18. The Labute approximate surface area is 98.7 Å². The zero-order chi connectivity index (χ0) is 10.8. The Morgan fingerprint density at radius 1 is 1.33 bits per heavy atom. The number of thiazole rings is 1. The predicted octanol–water partition coefficient (Wildman–Crippen LogP) is 4.33. The molecule has 2 aromatic rings. The molecule has 0 atom stereocenters. The summed E-state index contributed by atoms with van der Waals surface area (Å²) in [5.41, 5.74) is 2.24. The quantitative estimate of drug-likeness (QED) is 0.758. The summed E-state index contributed by atoms with van der Waals surface area (Å²) >= 11 is 7.89. The standard InChI is InChI=1S/C12H12ClNS/c1-3-11-12(15-8(2)14-11)9-6-4-5-7-10(9)13/h4-7H,3H2,1-2H3. The topological polar surface area (TPSA) is 12.9 Å². The Morgan fingerprint density at radius 3 is 2.73 bits per heavy atom. The van der Waals surface area contributed by atoms with Gasteiger partial charge in [-0.05, 0) is 19.4 Å². The summed E-state index contributed by atoms with van der Waals surface area (Å²) in [6.45, 7) is 4.15. The first-order valence-corrected chi connectivity index (χ1v) is 6.13. The highest BCUT2D eigenvalue weighted by atomic mass is 35.5. The first-order valence-electron chi connectivity index (χ1n) is 4.93. The summed E-state index contributed by atoms with van der Waals surface area (Å²) in [6.07, 6.45) is 0.949. The van der Waals surface area contributed by atoms with Gasteiger partial charge in [-0.15, -0.1) is 11.3 Å². The van der Waals surface area contributed by atoms with Crippen LogP contribution in [0.3, 0.4) is 0 Å². The van der Waals surface area contributed by atoms with Crippen molar-refractivity contribution in [2.24, 2.45) is 0 Å². The largest absolute Gasteiger partial charge is 0.246 e. The van der Waals surface area contributed by atoms with Crippen LogP contribution in [0, 0.1) is 6.92 Å². The number of aryl methyl sites for hydroxylation is 2. The van der Waals surface area contributed by atoms with E-state index in [-0.39, 0.29) is 0 Å². The molecule has 1 nitrogen and oxygen atoms in total. The minimum absolute atomic E-state index is 0.802. The van der Waals surface area contributed by atoms with Gasteiger partial charge in [0.15, 0.2) is 0 Å². The van der Waals surface area contributed by atoms with Gasteiger partial charge in [0, 0.05) is 10.6 Å². The molecule has 15 heavy (non-hydrogen) atoms. The molecule has 0 saturated carbocycles. The summed E-state index contributed by atoms with van der Waals surface area (Å²) in [5.74, 6) is 0. The van der Waals surface area contributed by atoms with Crippen molar-refractivity contribution in [3.63, 3.8) is 0 Å². The fraction of sp³-hybridized carbons (Fsp3) is 0.250. The molecular formula is C12H12ClNS. The molecule has 0 spiro atoms. The van der Waals surface area contributed by atoms with E-state index >= 15 is 0 Å². The van der Waals surface area contributed by atoms with E-state index < -0.39 is 0 Å². The third-order valence-corrected chi connectivity index (χ3v) is 3.63. The van der Waals surface area contributed by atoms with E-state index in [1.165, 1.54) is 4.88 Å². The Morgan fingerprint density at radius 2 is 2.07 bits per heavy atom. The molecule has 1 heterocycles. The summed E-state index contributed by atoms with van der Waals surface area (Å²) in [6, 6.07) is 7.93. The van der Waals surface area contributed by atoms with E-state index in [1.807, 2.05) is 25.1 Å². The Kier molecular flexibility index (Phi) is 3.08. The van der Waals surface area contributed by atoms with E-state index in [1.54, 1.807) is 11.3 Å². The molecule has 2 rings (SSSR count). The van der Waals surface area contributed by atoms with Gasteiger partial charge in [-0.25, -0.2) is 4.98 Å². The fourth-order valence-corrected chi connectivity index (χ4v) is 2.90. The summed E-state index contributed by atoms with van der Waals surface area (Å²) in [4.78, 5) is 5.72. The number of hydrogen-bond acceptors (Lipinski definition) is 2. The van der Waals surface area contributed by atoms with Crippen LogP contribution in [0.5, 0.6) is 0 Å². The van der Waals surface area contributed by atoms with Crippen LogP contribution in [0.15, 0.2) is 24.3 Å². The van der Waals surface area contributed by atoms with Crippen molar-refractivity contribution in [2.45, 2.75) is 20.3 Å². The molecule has 0 aliphatic carbocycles. The molecule has 0 aliphatic rings. The molecule has 0 bridgehead atoms. The minimum Gasteiger partial charge on any atom is -0.246 e. The van der Waals surface area contributed by atoms with Crippen LogP contribution >= 0.6 is 22.9 Å². The van der Waals surface area contributed by atoms with Crippen molar-refractivity contribution in [1.29, 1.82) is 0 Å². The predicted molar refractivity (Wildman–Crippen MR) is 66.7 cm³/mol. The lowest BCUT2D eigenvalue weighted by Gasteiger charge is -2.02. The number of hydrogen-bond donors (Lipinski definition) is 0. The average Bonchev–Trinajstić information content (AvgIpc) is 2.60. The second kappa shape index (κ2) is 4.33. The molecule has 0 fully saturated rings. The maximum Gasteiger partial charge on any atom is 0.0903 e. The zero-order valence-corrected chi connectivity index (χ0v) is 10.3. The lowest BCUT2D eigenvalue weighted by molar-refractivity contribution is 1.05. The van der Waals surface area contributed by atoms with Crippen molar-refractivity contribution >= 4 is 22.9 Å². The highest BCUT2D eigenvalue weighted by Gasteiger charge is 2.11. The number of nitrogens with zero attached hydrogens (tertiary/aromatic N) is 1. The van der Waals surface area contributed by atoms with Crippen LogP contribution in [-0.4, -0.2) is 4.98 Å². The van der Waals surface area contributed by atoms with E-state index in [2.05, 4.69) is 18.0 Å². The monoisotopic (exact) mass is 237 g/mol. The van der Waals surface area contributed by atoms with Crippen molar-refractivity contribution in [1.82, 2.24) is 4.98 Å². The first-order chi connectivity index (χ1) is 7.22. The zero-order valence-electron chi connectivity index (χ0n) is 8.75. The number of aromatic nitrogens is 1. The molecule has 0 saturated heterocycles. The molecule has 0 unspecified atom stereocenters. The molecule has 0 radical (unpaired) electrons. The maximum atomic E-state index is 6.18. The van der Waals surface area contributed by atoms with Crippen LogP contribution in [0.25, 0.3) is 10.4 Å². The van der Waals surface area contributed by atoms with E-state index in [4.69, 9.17) is 11.6 Å². The fourth-order valence-electron chi connectivity index (χ4n) is 1.57. The van der Waals surface area contributed by atoms with E-state index in [0.717, 1.165) is 27.7 Å². The second-order valence-corrected chi connectivity index (χ2v) is 4.95. The normalized spacial score (nSPS) is 10.6. The third-order valence-electron chi connectivity index (χ3n) is 2.26. The van der Waals surface area contributed by atoms with E-state index in [0.29, 0.717) is 0 Å². The highest BCUT2D eigenvalue weighted by Crippen LogP contribution is 2.34. The van der Waals surface area contributed by atoms with E-state index in [9.17, 15) is 0 Å². The molecule has 1 aromatic heterocycles. The summed E-state index contributed by atoms with van der Waals surface area (Å²) in [7, 11) is 0. The Hall–Kier alpha value is -0.860. The Bertz CT molecular complexity index is 476. The van der Waals surface area contributed by atoms with Crippen molar-refractivity contribution in [2.75, 3.05) is 0 Å². The molecular weight excluding hydrogens is 226 g/mol. The second-order valence-electron chi connectivity index (χ2n) is 3.34. The number of benzene rings is 1. The number of halogens is 1. The van der Waals surface area contributed by atoms with Crippen LogP contribution in [0.2, 0.25) is 5.02 Å². The minimum atomic E-state index is 0.802. The van der Waals surface area contributed by atoms with Gasteiger partial charge in [0.05, 0.1) is 15.6 Å². The van der Waals surface area contributed by atoms with Gasteiger partial charge in [0.25, 0.3) is 0 Å². The molecule has 1 aromatic carbocycles. The third kappa shape index (κ3) is 2.06. The SMILES string of the molecule is CCc1nc(C)sc1-c1ccccc1Cl. The summed E-state index contributed by atoms with van der Waals surface area (Å²) in [5, 5.41) is 1.90.